The Balaban J connectivity index is 0.00000576. The highest BCUT2D eigenvalue weighted by molar-refractivity contribution is 14.0. The molecule has 0 aliphatic heterocycles. The van der Waals surface area contributed by atoms with E-state index < -0.39 is 0 Å². The van der Waals surface area contributed by atoms with Crippen LogP contribution in [0, 0.1) is 5.92 Å². The van der Waals surface area contributed by atoms with E-state index in [1.54, 1.807) is 12.1 Å². The van der Waals surface area contributed by atoms with Crippen molar-refractivity contribution in [3.8, 4) is 5.75 Å². The molecule has 0 aliphatic rings. The molecule has 1 unspecified atom stereocenters. The molecule has 0 saturated carbocycles. The molecule has 0 bridgehead atoms. The van der Waals surface area contributed by atoms with Crippen LogP contribution in [0.15, 0.2) is 29.3 Å². The maximum absolute atomic E-state index is 9.29. The molecule has 1 aromatic rings. The highest BCUT2D eigenvalue weighted by Gasteiger charge is 2.07. The Morgan fingerprint density at radius 1 is 1.12 bits per heavy atom. The minimum atomic E-state index is 0. The van der Waals surface area contributed by atoms with Crippen LogP contribution in [-0.4, -0.2) is 42.4 Å². The average Bonchev–Trinajstić information content (AvgIpc) is 2.58. The second-order valence-corrected chi connectivity index (χ2v) is 6.08. The first-order valence-corrected chi connectivity index (χ1v) is 9.10. The highest BCUT2D eigenvalue weighted by atomic mass is 127. The van der Waals surface area contributed by atoms with E-state index in [0.717, 1.165) is 57.7 Å². The van der Waals surface area contributed by atoms with Gasteiger partial charge in [0.05, 0.1) is 0 Å². The van der Waals surface area contributed by atoms with Gasteiger partial charge in [0.25, 0.3) is 0 Å². The summed E-state index contributed by atoms with van der Waals surface area (Å²) < 4.78 is 0. The molecule has 0 radical (unpaired) electrons. The number of benzene rings is 1. The van der Waals surface area contributed by atoms with Crippen molar-refractivity contribution in [3.63, 3.8) is 0 Å². The molecule has 1 rings (SSSR count). The largest absolute Gasteiger partial charge is 0.508 e. The molecule has 0 aliphatic carbocycles. The number of aliphatic imine (C=N–C) groups is 1. The number of hydrogen-bond acceptors (Lipinski definition) is 3. The molecule has 0 heterocycles. The number of halogens is 1. The zero-order valence-corrected chi connectivity index (χ0v) is 17.8. The maximum atomic E-state index is 9.29. The van der Waals surface area contributed by atoms with Crippen LogP contribution in [0.25, 0.3) is 0 Å². The van der Waals surface area contributed by atoms with Gasteiger partial charge in [-0.25, -0.2) is 0 Å². The van der Waals surface area contributed by atoms with E-state index in [2.05, 4.69) is 29.5 Å². The molecular formula is C19H34IN3O2. The Bertz CT molecular complexity index is 460. The smallest absolute Gasteiger partial charge is 0.191 e. The first-order valence-electron chi connectivity index (χ1n) is 9.10. The van der Waals surface area contributed by atoms with E-state index in [9.17, 15) is 5.11 Å². The third kappa shape index (κ3) is 11.3. The Morgan fingerprint density at radius 3 is 2.44 bits per heavy atom. The minimum absolute atomic E-state index is 0. The number of aliphatic hydroxyl groups excluding tert-OH is 1. The Labute approximate surface area is 169 Å². The lowest BCUT2D eigenvalue weighted by Crippen LogP contribution is -2.38. The summed E-state index contributed by atoms with van der Waals surface area (Å²) in [6.45, 7) is 6.90. The number of phenolic OH excluding ortho intramolecular Hbond substituents is 1. The van der Waals surface area contributed by atoms with Crippen molar-refractivity contribution in [2.24, 2.45) is 10.9 Å². The third-order valence-electron chi connectivity index (χ3n) is 3.96. The van der Waals surface area contributed by atoms with Crippen molar-refractivity contribution in [2.45, 2.75) is 46.0 Å². The fourth-order valence-electron chi connectivity index (χ4n) is 2.64. The second kappa shape index (κ2) is 15.3. The van der Waals surface area contributed by atoms with Crippen molar-refractivity contribution in [3.05, 3.63) is 29.8 Å². The predicted molar refractivity (Wildman–Crippen MR) is 116 cm³/mol. The fraction of sp³-hybridized carbons (Fsp3) is 0.632. The van der Waals surface area contributed by atoms with Gasteiger partial charge in [-0.1, -0.05) is 25.5 Å². The van der Waals surface area contributed by atoms with Gasteiger partial charge >= 0.3 is 0 Å². The number of nitrogens with zero attached hydrogens (tertiary/aromatic N) is 1. The molecule has 0 amide bonds. The van der Waals surface area contributed by atoms with Crippen LogP contribution in [-0.2, 0) is 6.42 Å². The highest BCUT2D eigenvalue weighted by Crippen LogP contribution is 2.11. The summed E-state index contributed by atoms with van der Waals surface area (Å²) in [6, 6.07) is 7.37. The van der Waals surface area contributed by atoms with Crippen LogP contribution in [0.1, 0.15) is 45.1 Å². The van der Waals surface area contributed by atoms with E-state index >= 15 is 0 Å². The summed E-state index contributed by atoms with van der Waals surface area (Å²) in [6.07, 6.45) is 5.01. The summed E-state index contributed by atoms with van der Waals surface area (Å²) in [5.41, 5.74) is 1.22. The van der Waals surface area contributed by atoms with Crippen molar-refractivity contribution in [1.29, 1.82) is 0 Å². The van der Waals surface area contributed by atoms with Crippen molar-refractivity contribution >= 4 is 29.9 Å². The number of phenols is 1. The molecule has 0 spiro atoms. The molecule has 5 nitrogen and oxygen atoms in total. The lowest BCUT2D eigenvalue weighted by atomic mass is 10.0. The predicted octanol–water partition coefficient (Wildman–Crippen LogP) is 3.30. The molecule has 0 aromatic heterocycles. The summed E-state index contributed by atoms with van der Waals surface area (Å²) in [4.78, 5) is 4.66. The molecular weight excluding hydrogens is 429 g/mol. The number of guanidine groups is 1. The third-order valence-corrected chi connectivity index (χ3v) is 3.96. The zero-order valence-electron chi connectivity index (χ0n) is 15.5. The molecule has 1 aromatic carbocycles. The molecule has 1 atom stereocenters. The van der Waals surface area contributed by atoms with Gasteiger partial charge in [0.2, 0.25) is 0 Å². The summed E-state index contributed by atoms with van der Waals surface area (Å²) in [5.74, 6) is 1.61. The van der Waals surface area contributed by atoms with E-state index in [4.69, 9.17) is 5.11 Å². The van der Waals surface area contributed by atoms with Gasteiger partial charge < -0.3 is 20.8 Å². The summed E-state index contributed by atoms with van der Waals surface area (Å²) >= 11 is 0. The monoisotopic (exact) mass is 463 g/mol. The lowest BCUT2D eigenvalue weighted by molar-refractivity contribution is 0.253. The standard InChI is InChI=1S/C19H33N3O2.HI/c1-3-6-17(12-14-23)15-22-19(20-4-2)21-13-5-7-16-8-10-18(24)11-9-16;/h8-11,17,23-24H,3-7,12-15H2,1-2H3,(H2,20,21,22);1H. The van der Waals surface area contributed by atoms with Crippen LogP contribution in [0.3, 0.4) is 0 Å². The number of nitrogens with one attached hydrogen (secondary N) is 2. The van der Waals surface area contributed by atoms with Crippen molar-refractivity contribution in [1.82, 2.24) is 10.6 Å². The van der Waals surface area contributed by atoms with Crippen LogP contribution >= 0.6 is 24.0 Å². The van der Waals surface area contributed by atoms with Gasteiger partial charge in [-0.3, -0.25) is 4.99 Å². The van der Waals surface area contributed by atoms with E-state index in [-0.39, 0.29) is 30.6 Å². The number of aromatic hydroxyl groups is 1. The zero-order chi connectivity index (χ0) is 17.6. The van der Waals surface area contributed by atoms with Crippen LogP contribution in [0.2, 0.25) is 0 Å². The minimum Gasteiger partial charge on any atom is -0.508 e. The molecule has 4 N–H and O–H groups in total. The summed E-state index contributed by atoms with van der Waals surface area (Å²) in [7, 11) is 0. The van der Waals surface area contributed by atoms with Crippen LogP contribution in [0.4, 0.5) is 0 Å². The molecule has 144 valence electrons. The molecule has 0 saturated heterocycles. The van der Waals surface area contributed by atoms with Gasteiger partial charge in [-0.05, 0) is 56.2 Å². The summed E-state index contributed by atoms with van der Waals surface area (Å²) in [5, 5.41) is 25.1. The van der Waals surface area contributed by atoms with E-state index in [1.165, 1.54) is 5.56 Å². The quantitative estimate of drug-likeness (QED) is 0.176. The van der Waals surface area contributed by atoms with Crippen molar-refractivity contribution in [2.75, 3.05) is 26.2 Å². The first-order chi connectivity index (χ1) is 11.7. The fourth-order valence-corrected chi connectivity index (χ4v) is 2.64. The topological polar surface area (TPSA) is 76.9 Å². The van der Waals surface area contributed by atoms with Gasteiger partial charge in [0, 0.05) is 26.2 Å². The first kappa shape index (κ1) is 24.0. The van der Waals surface area contributed by atoms with Crippen LogP contribution < -0.4 is 10.6 Å². The average molecular weight is 463 g/mol. The normalized spacial score (nSPS) is 12.4. The van der Waals surface area contributed by atoms with Gasteiger partial charge in [0.15, 0.2) is 5.96 Å². The van der Waals surface area contributed by atoms with E-state index in [0.29, 0.717) is 11.7 Å². The Hall–Kier alpha value is -1.02. The van der Waals surface area contributed by atoms with Gasteiger partial charge in [-0.15, -0.1) is 24.0 Å². The molecule has 6 heteroatoms. The number of rotatable bonds is 11. The SMILES string of the molecule is CCCC(CCO)CN=C(NCC)NCCCc1ccc(O)cc1.I. The Morgan fingerprint density at radius 2 is 1.84 bits per heavy atom. The van der Waals surface area contributed by atoms with E-state index in [1.807, 2.05) is 12.1 Å². The molecule has 0 fully saturated rings. The number of hydrogen-bond donors (Lipinski definition) is 4. The van der Waals surface area contributed by atoms with Gasteiger partial charge in [0.1, 0.15) is 5.75 Å². The van der Waals surface area contributed by atoms with Gasteiger partial charge in [-0.2, -0.15) is 0 Å². The van der Waals surface area contributed by atoms with Crippen LogP contribution in [0.5, 0.6) is 5.75 Å². The maximum Gasteiger partial charge on any atom is 0.191 e. The second-order valence-electron chi connectivity index (χ2n) is 6.08. The molecule has 25 heavy (non-hydrogen) atoms. The van der Waals surface area contributed by atoms with Crippen molar-refractivity contribution < 1.29 is 10.2 Å². The number of aryl methyl sites for hydroxylation is 1. The lowest BCUT2D eigenvalue weighted by Gasteiger charge is -2.15. The number of aliphatic hydroxyl groups is 1. The Kier molecular flexibility index (Phi) is 14.6.